The number of cyclic esters (lactones) is 1. The van der Waals surface area contributed by atoms with Crippen LogP contribution in [-0.4, -0.2) is 18.2 Å². The highest BCUT2D eigenvalue weighted by atomic mass is 16.6. The molecule has 0 spiro atoms. The second kappa shape index (κ2) is 3.20. The van der Waals surface area contributed by atoms with Gasteiger partial charge in [0, 0.05) is 0 Å². The van der Waals surface area contributed by atoms with Gasteiger partial charge < -0.3 is 10.1 Å². The zero-order valence-electron chi connectivity index (χ0n) is 8.25. The molecule has 1 aliphatic heterocycles. The normalized spacial score (nSPS) is 33.3. The molecule has 2 atom stereocenters. The molecule has 1 N–H and O–H groups in total. The Bertz CT molecular complexity index is 211. The van der Waals surface area contributed by atoms with Crippen LogP contribution in [0, 0.1) is 11.8 Å². The zero-order chi connectivity index (χ0) is 9.42. The summed E-state index contributed by atoms with van der Waals surface area (Å²) in [6, 6.07) is 0.301. The average Bonchev–Trinajstić information content (AvgIpc) is 2.77. The summed E-state index contributed by atoms with van der Waals surface area (Å²) >= 11 is 0. The second-order valence-corrected chi connectivity index (χ2v) is 4.58. The molecule has 3 nitrogen and oxygen atoms in total. The predicted molar refractivity (Wildman–Crippen MR) is 49.4 cm³/mol. The molecule has 0 aromatic rings. The topological polar surface area (TPSA) is 38.3 Å². The summed E-state index contributed by atoms with van der Waals surface area (Å²) in [6.07, 6.45) is 3.40. The van der Waals surface area contributed by atoms with Gasteiger partial charge in [0.15, 0.2) is 0 Å². The number of hydrogen-bond donors (Lipinski definition) is 1. The molecule has 0 radical (unpaired) electrons. The standard InChI is InChI=1S/C10H17NO2/c1-6(2)5-8-9(7-3-4-7)11-10(12)13-8/h6-9H,3-5H2,1-2H3,(H,11,12)/t8-,9+/m0/s1. The van der Waals surface area contributed by atoms with Crippen LogP contribution in [0.25, 0.3) is 0 Å². The van der Waals surface area contributed by atoms with Crippen LogP contribution in [-0.2, 0) is 4.74 Å². The number of ether oxygens (including phenoxy) is 1. The zero-order valence-corrected chi connectivity index (χ0v) is 8.25. The lowest BCUT2D eigenvalue weighted by Gasteiger charge is -2.17. The molecular formula is C10H17NO2. The Balaban J connectivity index is 1.94. The van der Waals surface area contributed by atoms with E-state index in [-0.39, 0.29) is 12.2 Å². The lowest BCUT2D eigenvalue weighted by Crippen LogP contribution is -2.34. The molecule has 0 unspecified atom stereocenters. The van der Waals surface area contributed by atoms with E-state index in [4.69, 9.17) is 4.74 Å². The summed E-state index contributed by atoms with van der Waals surface area (Å²) in [6.45, 7) is 4.33. The van der Waals surface area contributed by atoms with Crippen LogP contribution in [0.1, 0.15) is 33.1 Å². The maximum absolute atomic E-state index is 11.0. The molecular weight excluding hydrogens is 166 g/mol. The quantitative estimate of drug-likeness (QED) is 0.726. The molecule has 2 aliphatic rings. The summed E-state index contributed by atoms with van der Waals surface area (Å²) in [7, 11) is 0. The van der Waals surface area contributed by atoms with Crippen LogP contribution in [0.5, 0.6) is 0 Å². The summed E-state index contributed by atoms with van der Waals surface area (Å²) in [5.74, 6) is 1.29. The van der Waals surface area contributed by atoms with Crippen molar-refractivity contribution >= 4 is 6.09 Å². The van der Waals surface area contributed by atoms with Crippen molar-refractivity contribution < 1.29 is 9.53 Å². The summed E-state index contributed by atoms with van der Waals surface area (Å²) in [4.78, 5) is 11.0. The number of hydrogen-bond acceptors (Lipinski definition) is 2. The van der Waals surface area contributed by atoms with Gasteiger partial charge in [-0.3, -0.25) is 0 Å². The first-order valence-electron chi connectivity index (χ1n) is 5.14. The van der Waals surface area contributed by atoms with Crippen molar-refractivity contribution in [2.75, 3.05) is 0 Å². The Morgan fingerprint density at radius 1 is 1.54 bits per heavy atom. The van der Waals surface area contributed by atoms with Gasteiger partial charge in [-0.1, -0.05) is 13.8 Å². The Labute approximate surface area is 78.8 Å². The Morgan fingerprint density at radius 3 is 2.77 bits per heavy atom. The molecule has 2 rings (SSSR count). The van der Waals surface area contributed by atoms with Crippen molar-refractivity contribution in [2.45, 2.75) is 45.3 Å². The fourth-order valence-corrected chi connectivity index (χ4v) is 2.01. The third-order valence-electron chi connectivity index (χ3n) is 2.78. The van der Waals surface area contributed by atoms with Crippen molar-refractivity contribution in [2.24, 2.45) is 11.8 Å². The van der Waals surface area contributed by atoms with Gasteiger partial charge in [-0.05, 0) is 31.1 Å². The monoisotopic (exact) mass is 183 g/mol. The summed E-state index contributed by atoms with van der Waals surface area (Å²) < 4.78 is 5.24. The number of alkyl carbamates (subject to hydrolysis) is 1. The van der Waals surface area contributed by atoms with E-state index in [0.717, 1.165) is 6.42 Å². The van der Waals surface area contributed by atoms with Crippen LogP contribution < -0.4 is 5.32 Å². The van der Waals surface area contributed by atoms with Crippen LogP contribution in [0.15, 0.2) is 0 Å². The number of nitrogens with one attached hydrogen (secondary N) is 1. The lowest BCUT2D eigenvalue weighted by atomic mass is 9.98. The van der Waals surface area contributed by atoms with Gasteiger partial charge >= 0.3 is 6.09 Å². The van der Waals surface area contributed by atoms with Crippen molar-refractivity contribution in [3.8, 4) is 0 Å². The van der Waals surface area contributed by atoms with Gasteiger partial charge in [0.2, 0.25) is 0 Å². The number of carbonyl (C=O) groups excluding carboxylic acids is 1. The van der Waals surface area contributed by atoms with Gasteiger partial charge in [0.05, 0.1) is 6.04 Å². The van der Waals surface area contributed by atoms with Gasteiger partial charge in [-0.25, -0.2) is 4.79 Å². The van der Waals surface area contributed by atoms with Crippen LogP contribution in [0.3, 0.4) is 0 Å². The highest BCUT2D eigenvalue weighted by Gasteiger charge is 2.43. The van der Waals surface area contributed by atoms with E-state index in [1.54, 1.807) is 0 Å². The molecule has 13 heavy (non-hydrogen) atoms. The number of amides is 1. The fourth-order valence-electron chi connectivity index (χ4n) is 2.01. The minimum absolute atomic E-state index is 0.125. The highest BCUT2D eigenvalue weighted by Crippen LogP contribution is 2.37. The Morgan fingerprint density at radius 2 is 2.23 bits per heavy atom. The number of carbonyl (C=O) groups is 1. The smallest absolute Gasteiger partial charge is 0.407 e. The molecule has 74 valence electrons. The van der Waals surface area contributed by atoms with Crippen molar-refractivity contribution in [1.82, 2.24) is 5.32 Å². The van der Waals surface area contributed by atoms with Gasteiger partial charge in [-0.15, -0.1) is 0 Å². The molecule has 1 heterocycles. The second-order valence-electron chi connectivity index (χ2n) is 4.58. The molecule has 1 saturated heterocycles. The molecule has 1 aliphatic carbocycles. The minimum atomic E-state index is -0.220. The van der Waals surface area contributed by atoms with E-state index < -0.39 is 0 Å². The minimum Gasteiger partial charge on any atom is -0.444 e. The fraction of sp³-hybridized carbons (Fsp3) is 0.900. The van der Waals surface area contributed by atoms with Gasteiger partial charge in [-0.2, -0.15) is 0 Å². The first-order valence-corrected chi connectivity index (χ1v) is 5.14. The SMILES string of the molecule is CC(C)C[C@@H]1OC(=O)N[C@@H]1C1CC1. The highest BCUT2D eigenvalue weighted by molar-refractivity contribution is 5.70. The van der Waals surface area contributed by atoms with Gasteiger partial charge in [0.1, 0.15) is 6.10 Å². The van der Waals surface area contributed by atoms with E-state index in [1.165, 1.54) is 12.8 Å². The van der Waals surface area contributed by atoms with E-state index in [0.29, 0.717) is 17.9 Å². The first-order chi connectivity index (χ1) is 6.16. The number of rotatable bonds is 3. The van der Waals surface area contributed by atoms with Crippen LogP contribution in [0.2, 0.25) is 0 Å². The van der Waals surface area contributed by atoms with Gasteiger partial charge in [0.25, 0.3) is 0 Å². The van der Waals surface area contributed by atoms with Crippen molar-refractivity contribution in [1.29, 1.82) is 0 Å². The van der Waals surface area contributed by atoms with E-state index in [1.807, 2.05) is 0 Å². The van der Waals surface area contributed by atoms with Crippen LogP contribution >= 0.6 is 0 Å². The first kappa shape index (κ1) is 8.85. The van der Waals surface area contributed by atoms with E-state index in [9.17, 15) is 4.79 Å². The average molecular weight is 183 g/mol. The van der Waals surface area contributed by atoms with Crippen molar-refractivity contribution in [3.63, 3.8) is 0 Å². The largest absolute Gasteiger partial charge is 0.444 e. The third kappa shape index (κ3) is 1.95. The molecule has 0 aromatic carbocycles. The summed E-state index contributed by atoms with van der Waals surface area (Å²) in [5, 5.41) is 2.91. The molecule has 0 bridgehead atoms. The predicted octanol–water partition coefficient (Wildman–Crippen LogP) is 1.92. The van der Waals surface area contributed by atoms with Crippen molar-refractivity contribution in [3.05, 3.63) is 0 Å². The maximum Gasteiger partial charge on any atom is 0.407 e. The summed E-state index contributed by atoms with van der Waals surface area (Å²) in [5.41, 5.74) is 0. The Hall–Kier alpha value is -0.730. The van der Waals surface area contributed by atoms with Crippen LogP contribution in [0.4, 0.5) is 4.79 Å². The molecule has 2 fully saturated rings. The molecule has 0 aromatic heterocycles. The van der Waals surface area contributed by atoms with E-state index in [2.05, 4.69) is 19.2 Å². The lowest BCUT2D eigenvalue weighted by molar-refractivity contribution is 0.114. The maximum atomic E-state index is 11.0. The Kier molecular flexibility index (Phi) is 2.18. The third-order valence-corrected chi connectivity index (χ3v) is 2.78. The molecule has 1 amide bonds. The van der Waals surface area contributed by atoms with E-state index >= 15 is 0 Å². The molecule has 1 saturated carbocycles. The molecule has 3 heteroatoms.